The number of para-hydroxylation sites is 1. The van der Waals surface area contributed by atoms with Gasteiger partial charge in [-0.2, -0.15) is 0 Å². The average molecular weight is 346 g/mol. The Morgan fingerprint density at radius 1 is 0.885 bits per heavy atom. The minimum Gasteiger partial charge on any atom is -0.457 e. The molecule has 1 aromatic heterocycles. The summed E-state index contributed by atoms with van der Waals surface area (Å²) in [5, 5.41) is 3.46. The van der Waals surface area contributed by atoms with Crippen LogP contribution in [0, 0.1) is 5.82 Å². The van der Waals surface area contributed by atoms with Crippen LogP contribution in [-0.4, -0.2) is 10.9 Å². The topological polar surface area (TPSA) is 54.1 Å². The van der Waals surface area contributed by atoms with Gasteiger partial charge in [-0.3, -0.25) is 4.79 Å². The van der Waals surface area contributed by atoms with Gasteiger partial charge >= 0.3 is 0 Å². The van der Waals surface area contributed by atoms with Crippen molar-refractivity contribution in [2.45, 2.75) is 0 Å². The smallest absolute Gasteiger partial charge is 0.272 e. The van der Waals surface area contributed by atoms with Crippen molar-refractivity contribution in [1.82, 2.24) is 4.98 Å². The molecule has 0 spiro atoms. The Balaban J connectivity index is 1.46. The van der Waals surface area contributed by atoms with E-state index in [1.807, 2.05) is 30.3 Å². The summed E-state index contributed by atoms with van der Waals surface area (Å²) in [6, 6.07) is 22.5. The number of fused-ring (bicyclic) bond motifs is 1. The van der Waals surface area contributed by atoms with Gasteiger partial charge < -0.3 is 15.0 Å². The summed E-state index contributed by atoms with van der Waals surface area (Å²) >= 11 is 0. The lowest BCUT2D eigenvalue weighted by molar-refractivity contribution is 0.102. The minimum absolute atomic E-state index is 0.293. The molecule has 0 bridgehead atoms. The second kappa shape index (κ2) is 6.72. The molecule has 0 radical (unpaired) electrons. The Hall–Kier alpha value is -3.60. The summed E-state index contributed by atoms with van der Waals surface area (Å²) in [6.07, 6.45) is 0. The van der Waals surface area contributed by atoms with Crippen LogP contribution in [0.4, 0.5) is 10.1 Å². The standard InChI is InChI=1S/C21H15FN2O2/c22-15-6-11-19-14(12-15)13-20(24-19)21(25)23-16-7-9-18(10-8-16)26-17-4-2-1-3-5-17/h1-13,24H,(H,23,25). The van der Waals surface area contributed by atoms with Crippen molar-refractivity contribution in [3.63, 3.8) is 0 Å². The SMILES string of the molecule is O=C(Nc1ccc(Oc2ccccc2)cc1)c1cc2cc(F)ccc2[nH]1. The van der Waals surface area contributed by atoms with E-state index < -0.39 is 0 Å². The van der Waals surface area contributed by atoms with E-state index in [-0.39, 0.29) is 11.7 Å². The number of hydrogen-bond donors (Lipinski definition) is 2. The summed E-state index contributed by atoms with van der Waals surface area (Å²) in [5.74, 6) is 0.792. The highest BCUT2D eigenvalue weighted by molar-refractivity contribution is 6.05. The number of rotatable bonds is 4. The maximum atomic E-state index is 13.3. The highest BCUT2D eigenvalue weighted by Crippen LogP contribution is 2.23. The molecule has 26 heavy (non-hydrogen) atoms. The van der Waals surface area contributed by atoms with Crippen LogP contribution >= 0.6 is 0 Å². The van der Waals surface area contributed by atoms with E-state index in [0.717, 1.165) is 5.75 Å². The Bertz CT molecular complexity index is 1060. The number of carbonyl (C=O) groups excluding carboxylic acids is 1. The van der Waals surface area contributed by atoms with Crippen molar-refractivity contribution in [2.75, 3.05) is 5.32 Å². The van der Waals surface area contributed by atoms with Gasteiger partial charge in [0.05, 0.1) is 0 Å². The molecular weight excluding hydrogens is 331 g/mol. The maximum absolute atomic E-state index is 13.3. The first-order valence-corrected chi connectivity index (χ1v) is 8.10. The number of carbonyl (C=O) groups is 1. The molecular formula is C21H15FN2O2. The molecule has 0 saturated heterocycles. The van der Waals surface area contributed by atoms with Crippen molar-refractivity contribution >= 4 is 22.5 Å². The highest BCUT2D eigenvalue weighted by atomic mass is 19.1. The van der Waals surface area contributed by atoms with Crippen LogP contribution in [0.3, 0.4) is 0 Å². The van der Waals surface area contributed by atoms with E-state index >= 15 is 0 Å². The number of aromatic nitrogens is 1. The number of benzene rings is 3. The molecule has 0 aliphatic heterocycles. The molecule has 1 heterocycles. The van der Waals surface area contributed by atoms with Crippen LogP contribution in [0.1, 0.15) is 10.5 Å². The Morgan fingerprint density at radius 3 is 2.38 bits per heavy atom. The first-order valence-electron chi connectivity index (χ1n) is 8.10. The first kappa shape index (κ1) is 15.9. The van der Waals surface area contributed by atoms with E-state index in [1.54, 1.807) is 36.4 Å². The van der Waals surface area contributed by atoms with Crippen LogP contribution in [0.5, 0.6) is 11.5 Å². The molecule has 4 rings (SSSR count). The fraction of sp³-hybridized carbons (Fsp3) is 0. The fourth-order valence-corrected chi connectivity index (χ4v) is 2.66. The van der Waals surface area contributed by atoms with Crippen molar-refractivity contribution in [2.24, 2.45) is 0 Å². The van der Waals surface area contributed by atoms with Gasteiger partial charge in [-0.05, 0) is 60.7 Å². The summed E-state index contributed by atoms with van der Waals surface area (Å²) in [6.45, 7) is 0. The van der Waals surface area contributed by atoms with Gasteiger partial charge in [-0.1, -0.05) is 18.2 Å². The molecule has 0 atom stereocenters. The molecule has 0 aliphatic rings. The van der Waals surface area contributed by atoms with Gasteiger partial charge in [0.25, 0.3) is 5.91 Å². The zero-order chi connectivity index (χ0) is 17.9. The fourth-order valence-electron chi connectivity index (χ4n) is 2.66. The van der Waals surface area contributed by atoms with E-state index in [1.165, 1.54) is 12.1 Å². The lowest BCUT2D eigenvalue weighted by Gasteiger charge is -2.07. The van der Waals surface area contributed by atoms with E-state index in [4.69, 9.17) is 4.74 Å². The molecule has 0 fully saturated rings. The largest absolute Gasteiger partial charge is 0.457 e. The molecule has 128 valence electrons. The molecule has 3 aromatic carbocycles. The van der Waals surface area contributed by atoms with Gasteiger partial charge in [0.1, 0.15) is 23.0 Å². The van der Waals surface area contributed by atoms with Gasteiger partial charge in [-0.15, -0.1) is 0 Å². The highest BCUT2D eigenvalue weighted by Gasteiger charge is 2.10. The number of amides is 1. The van der Waals surface area contributed by atoms with Gasteiger partial charge in [-0.25, -0.2) is 4.39 Å². The molecule has 0 aliphatic carbocycles. The second-order valence-electron chi connectivity index (χ2n) is 5.81. The number of aromatic amines is 1. The van der Waals surface area contributed by atoms with Gasteiger partial charge in [0, 0.05) is 16.6 Å². The molecule has 4 nitrogen and oxygen atoms in total. The third-order valence-electron chi connectivity index (χ3n) is 3.92. The summed E-state index contributed by atoms with van der Waals surface area (Å²) in [7, 11) is 0. The lowest BCUT2D eigenvalue weighted by atomic mass is 10.2. The van der Waals surface area contributed by atoms with Crippen molar-refractivity contribution in [3.05, 3.63) is 90.4 Å². The number of H-pyrrole nitrogens is 1. The molecule has 1 amide bonds. The predicted molar refractivity (Wildman–Crippen MR) is 99.2 cm³/mol. The monoisotopic (exact) mass is 346 g/mol. The number of anilines is 1. The molecule has 0 saturated carbocycles. The van der Waals surface area contributed by atoms with Crippen molar-refractivity contribution in [1.29, 1.82) is 0 Å². The second-order valence-corrected chi connectivity index (χ2v) is 5.81. The first-order chi connectivity index (χ1) is 12.7. The Labute approximate surface area is 149 Å². The lowest BCUT2D eigenvalue weighted by Crippen LogP contribution is -2.12. The summed E-state index contributed by atoms with van der Waals surface area (Å²) in [5.41, 5.74) is 1.72. The van der Waals surface area contributed by atoms with Gasteiger partial charge in [0.2, 0.25) is 0 Å². The van der Waals surface area contributed by atoms with E-state index in [2.05, 4.69) is 10.3 Å². The third-order valence-corrected chi connectivity index (χ3v) is 3.92. The average Bonchev–Trinajstić information content (AvgIpc) is 3.07. The minimum atomic E-state index is -0.336. The third kappa shape index (κ3) is 3.42. The van der Waals surface area contributed by atoms with Crippen LogP contribution < -0.4 is 10.1 Å². The quantitative estimate of drug-likeness (QED) is 0.523. The molecule has 4 aromatic rings. The predicted octanol–water partition coefficient (Wildman–Crippen LogP) is 5.35. The van der Waals surface area contributed by atoms with Crippen molar-refractivity contribution in [3.8, 4) is 11.5 Å². The number of ether oxygens (including phenoxy) is 1. The number of halogens is 1. The summed E-state index contributed by atoms with van der Waals surface area (Å²) < 4.78 is 19.0. The van der Waals surface area contributed by atoms with Crippen LogP contribution in [0.2, 0.25) is 0 Å². The zero-order valence-electron chi connectivity index (χ0n) is 13.7. The zero-order valence-corrected chi connectivity index (χ0v) is 13.7. The molecule has 5 heteroatoms. The van der Waals surface area contributed by atoms with Crippen molar-refractivity contribution < 1.29 is 13.9 Å². The van der Waals surface area contributed by atoms with Crippen LogP contribution in [0.15, 0.2) is 78.9 Å². The molecule has 0 unspecified atom stereocenters. The number of nitrogens with one attached hydrogen (secondary N) is 2. The number of hydrogen-bond acceptors (Lipinski definition) is 2. The summed E-state index contributed by atoms with van der Waals surface area (Å²) in [4.78, 5) is 15.4. The Kier molecular flexibility index (Phi) is 4.11. The van der Waals surface area contributed by atoms with Crippen LogP contribution in [0.25, 0.3) is 10.9 Å². The maximum Gasteiger partial charge on any atom is 0.272 e. The normalized spacial score (nSPS) is 10.7. The molecule has 2 N–H and O–H groups in total. The van der Waals surface area contributed by atoms with E-state index in [9.17, 15) is 9.18 Å². The van der Waals surface area contributed by atoms with Crippen LogP contribution in [-0.2, 0) is 0 Å². The van der Waals surface area contributed by atoms with E-state index in [0.29, 0.717) is 28.0 Å². The Morgan fingerprint density at radius 2 is 1.62 bits per heavy atom. The van der Waals surface area contributed by atoms with Gasteiger partial charge in [0.15, 0.2) is 0 Å².